The molecule has 1 aliphatic carbocycles. The van der Waals surface area contributed by atoms with Crippen LogP contribution in [0.25, 0.3) is 0 Å². The fraction of sp³-hybridized carbons (Fsp3) is 0.636. The molecule has 33 heavy (non-hydrogen) atoms. The van der Waals surface area contributed by atoms with Gasteiger partial charge in [0.1, 0.15) is 5.82 Å². The first-order valence-electron chi connectivity index (χ1n) is 11.1. The molecule has 0 spiro atoms. The van der Waals surface area contributed by atoms with Crippen molar-refractivity contribution in [3.05, 3.63) is 35.6 Å². The molecule has 1 saturated heterocycles. The molecule has 2 N–H and O–H groups in total. The molecule has 1 aromatic rings. The highest BCUT2D eigenvalue weighted by Gasteiger charge is 2.46. The number of amides is 1. The van der Waals surface area contributed by atoms with Gasteiger partial charge in [-0.25, -0.2) is 9.18 Å². The van der Waals surface area contributed by atoms with E-state index in [4.69, 9.17) is 10.00 Å². The number of carboxylic acid groups (broad SMARTS) is 1. The first-order chi connectivity index (χ1) is 15.6. The van der Waals surface area contributed by atoms with Crippen LogP contribution in [0.4, 0.5) is 9.18 Å². The minimum Gasteiger partial charge on any atom is -0.465 e. The molecule has 0 radical (unpaired) electrons. The Kier molecular flexibility index (Phi) is 8.28. The third-order valence-corrected chi connectivity index (χ3v) is 8.13. The Balaban J connectivity index is 1.65. The highest BCUT2D eigenvalue weighted by Crippen LogP contribution is 2.35. The summed E-state index contributed by atoms with van der Waals surface area (Å²) in [4.78, 5) is 13.1. The maximum absolute atomic E-state index is 13.5. The number of carbonyl (C=O) groups is 1. The van der Waals surface area contributed by atoms with Gasteiger partial charge in [-0.3, -0.25) is 4.90 Å². The lowest BCUT2D eigenvalue weighted by molar-refractivity contribution is -0.00757. The van der Waals surface area contributed by atoms with Gasteiger partial charge in [0, 0.05) is 20.1 Å². The van der Waals surface area contributed by atoms with E-state index in [1.165, 1.54) is 20.2 Å². The second kappa shape index (κ2) is 10.8. The molecule has 3 rings (SSSR count). The molecule has 9 nitrogen and oxygen atoms in total. The van der Waals surface area contributed by atoms with E-state index in [2.05, 4.69) is 4.72 Å². The lowest BCUT2D eigenvalue weighted by atomic mass is 9.82. The van der Waals surface area contributed by atoms with Gasteiger partial charge in [0.25, 0.3) is 10.2 Å². The maximum atomic E-state index is 13.5. The van der Waals surface area contributed by atoms with E-state index in [0.29, 0.717) is 0 Å². The van der Waals surface area contributed by atoms with Crippen LogP contribution in [0.5, 0.6) is 0 Å². The Morgan fingerprint density at radius 3 is 2.61 bits per heavy atom. The molecule has 1 aromatic carbocycles. The average molecular weight is 483 g/mol. The normalized spacial score (nSPS) is 28.1. The molecule has 1 amide bonds. The molecule has 2 fully saturated rings. The lowest BCUT2D eigenvalue weighted by Crippen LogP contribution is -2.52. The van der Waals surface area contributed by atoms with Crippen molar-refractivity contribution in [3.8, 4) is 6.07 Å². The molecule has 0 bridgehead atoms. The molecule has 182 valence electrons. The van der Waals surface area contributed by atoms with E-state index >= 15 is 0 Å². The highest BCUT2D eigenvalue weighted by molar-refractivity contribution is 7.87. The molecule has 1 aliphatic heterocycles. The summed E-state index contributed by atoms with van der Waals surface area (Å²) in [6, 6.07) is 6.56. The SMILES string of the molecule is CN(C)S(=O)(=O)N[C@H]1C[C@@H](CC#N)N(C(=O)O)[C@H]1CO[C@H]1CC[C@@H](c2cccc(F)c2)CC1. The highest BCUT2D eigenvalue weighted by atomic mass is 32.2. The number of nitriles is 1. The van der Waals surface area contributed by atoms with Crippen molar-refractivity contribution < 1.29 is 27.4 Å². The zero-order chi connectivity index (χ0) is 24.2. The van der Waals surface area contributed by atoms with Crippen LogP contribution in [0.1, 0.15) is 50.0 Å². The molecule has 11 heteroatoms. The van der Waals surface area contributed by atoms with E-state index in [-0.39, 0.29) is 37.3 Å². The van der Waals surface area contributed by atoms with Gasteiger partial charge in [0.2, 0.25) is 0 Å². The van der Waals surface area contributed by atoms with Gasteiger partial charge < -0.3 is 9.84 Å². The number of hydrogen-bond acceptors (Lipinski definition) is 5. The van der Waals surface area contributed by atoms with Gasteiger partial charge in [-0.05, 0) is 55.7 Å². The van der Waals surface area contributed by atoms with E-state index < -0.39 is 34.4 Å². The number of nitrogens with one attached hydrogen (secondary N) is 1. The summed E-state index contributed by atoms with van der Waals surface area (Å²) in [6.07, 6.45) is 2.03. The van der Waals surface area contributed by atoms with E-state index in [9.17, 15) is 22.7 Å². The molecular weight excluding hydrogens is 451 g/mol. The number of hydrogen-bond donors (Lipinski definition) is 2. The Labute approximate surface area is 194 Å². The van der Waals surface area contributed by atoms with Crippen LogP contribution in [0.15, 0.2) is 24.3 Å². The minimum absolute atomic E-state index is 0.0261. The summed E-state index contributed by atoms with van der Waals surface area (Å²) in [5.74, 6) is 0.00113. The second-order valence-electron chi connectivity index (χ2n) is 8.88. The fourth-order valence-corrected chi connectivity index (χ4v) is 5.64. The van der Waals surface area contributed by atoms with Gasteiger partial charge in [0.05, 0.1) is 37.3 Å². The Morgan fingerprint density at radius 2 is 2.03 bits per heavy atom. The lowest BCUT2D eigenvalue weighted by Gasteiger charge is -2.33. The van der Waals surface area contributed by atoms with Crippen molar-refractivity contribution >= 4 is 16.3 Å². The van der Waals surface area contributed by atoms with Crippen molar-refractivity contribution in [1.82, 2.24) is 13.9 Å². The van der Waals surface area contributed by atoms with Crippen molar-refractivity contribution in [2.45, 2.75) is 68.7 Å². The Hall–Kier alpha value is -2.26. The molecule has 2 aliphatic rings. The summed E-state index contributed by atoms with van der Waals surface area (Å²) in [7, 11) is -1.01. The summed E-state index contributed by atoms with van der Waals surface area (Å²) < 4.78 is 48.0. The summed E-state index contributed by atoms with van der Waals surface area (Å²) >= 11 is 0. The van der Waals surface area contributed by atoms with E-state index in [1.807, 2.05) is 12.1 Å². The predicted molar refractivity (Wildman–Crippen MR) is 119 cm³/mol. The summed E-state index contributed by atoms with van der Waals surface area (Å²) in [6.45, 7) is 0.0319. The largest absolute Gasteiger partial charge is 0.465 e. The number of nitrogens with zero attached hydrogens (tertiary/aromatic N) is 3. The molecule has 0 aromatic heterocycles. The quantitative estimate of drug-likeness (QED) is 0.587. The fourth-order valence-electron chi connectivity index (χ4n) is 4.79. The number of halogens is 1. The van der Waals surface area contributed by atoms with Gasteiger partial charge in [-0.1, -0.05) is 12.1 Å². The number of likely N-dealkylation sites (tertiary alicyclic amines) is 1. The van der Waals surface area contributed by atoms with E-state index in [0.717, 1.165) is 40.5 Å². The van der Waals surface area contributed by atoms with Crippen LogP contribution < -0.4 is 4.72 Å². The standard InChI is InChI=1S/C22H31FN4O5S/c1-26(2)33(30,31)25-20-13-18(10-11-24)27(22(28)29)21(20)14-32-19-8-6-15(7-9-19)16-4-3-5-17(23)12-16/h3-5,12,15,18-21,25H,6-10,13-14H2,1-2H3,(H,28,29)/t15-,18-,19+,20+,21+/m1/s1. The van der Waals surface area contributed by atoms with Crippen molar-refractivity contribution in [2.75, 3.05) is 20.7 Å². The summed E-state index contributed by atoms with van der Waals surface area (Å²) in [5.41, 5.74) is 0.971. The first kappa shape index (κ1) is 25.4. The zero-order valence-corrected chi connectivity index (χ0v) is 19.7. The first-order valence-corrected chi connectivity index (χ1v) is 12.5. The van der Waals surface area contributed by atoms with Crippen molar-refractivity contribution in [1.29, 1.82) is 5.26 Å². The zero-order valence-electron chi connectivity index (χ0n) is 18.9. The van der Waals surface area contributed by atoms with Crippen LogP contribution in [-0.4, -0.2) is 73.8 Å². The maximum Gasteiger partial charge on any atom is 0.407 e. The van der Waals surface area contributed by atoms with Crippen LogP contribution in [0.2, 0.25) is 0 Å². The average Bonchev–Trinajstić information content (AvgIpc) is 3.09. The number of ether oxygens (including phenoxy) is 1. The van der Waals surface area contributed by atoms with Gasteiger partial charge >= 0.3 is 6.09 Å². The summed E-state index contributed by atoms with van der Waals surface area (Å²) in [5, 5.41) is 18.9. The van der Waals surface area contributed by atoms with Crippen LogP contribution >= 0.6 is 0 Å². The monoisotopic (exact) mass is 482 g/mol. The third kappa shape index (κ3) is 6.20. The molecule has 0 unspecified atom stereocenters. The number of benzene rings is 1. The molecular formula is C22H31FN4O5S. The van der Waals surface area contributed by atoms with Gasteiger partial charge in [0.15, 0.2) is 0 Å². The van der Waals surface area contributed by atoms with Crippen LogP contribution in [0, 0.1) is 17.1 Å². The van der Waals surface area contributed by atoms with Gasteiger partial charge in [-0.15, -0.1) is 0 Å². The second-order valence-corrected chi connectivity index (χ2v) is 10.8. The molecule has 1 heterocycles. The topological polar surface area (TPSA) is 123 Å². The molecule has 1 saturated carbocycles. The van der Waals surface area contributed by atoms with Gasteiger partial charge in [-0.2, -0.15) is 22.7 Å². The van der Waals surface area contributed by atoms with Crippen molar-refractivity contribution in [2.24, 2.45) is 0 Å². The third-order valence-electron chi connectivity index (χ3n) is 6.57. The smallest absolute Gasteiger partial charge is 0.407 e. The predicted octanol–water partition coefficient (Wildman–Crippen LogP) is 2.67. The van der Waals surface area contributed by atoms with Crippen LogP contribution in [-0.2, 0) is 14.9 Å². The van der Waals surface area contributed by atoms with Crippen LogP contribution in [0.3, 0.4) is 0 Å². The number of rotatable bonds is 8. The van der Waals surface area contributed by atoms with E-state index in [1.54, 1.807) is 12.1 Å². The minimum atomic E-state index is -3.79. The molecule has 3 atom stereocenters. The van der Waals surface area contributed by atoms with Crippen molar-refractivity contribution in [3.63, 3.8) is 0 Å². The Bertz CT molecular complexity index is 975. The Morgan fingerprint density at radius 1 is 1.33 bits per heavy atom.